The van der Waals surface area contributed by atoms with E-state index in [2.05, 4.69) is 10.5 Å². The Hall–Kier alpha value is -1.17. The van der Waals surface area contributed by atoms with Crippen LogP contribution in [0.25, 0.3) is 0 Å². The van der Waals surface area contributed by atoms with E-state index in [1.807, 2.05) is 6.92 Å². The van der Waals surface area contributed by atoms with Crippen molar-refractivity contribution in [1.29, 1.82) is 0 Å². The molecule has 0 aromatic carbocycles. The second-order valence-electron chi connectivity index (χ2n) is 3.15. The van der Waals surface area contributed by atoms with Gasteiger partial charge in [0.1, 0.15) is 5.75 Å². The molecule has 1 aromatic heterocycles. The van der Waals surface area contributed by atoms with Crippen molar-refractivity contribution in [3.8, 4) is 5.75 Å². The van der Waals surface area contributed by atoms with E-state index in [4.69, 9.17) is 14.7 Å². The minimum absolute atomic E-state index is 0.311. The first-order valence-corrected chi connectivity index (χ1v) is 4.61. The number of nitrogens with one attached hydrogen (secondary N) is 1. The molecule has 0 amide bonds. The molecule has 0 aliphatic heterocycles. The zero-order valence-electron chi connectivity index (χ0n) is 9.20. The Morgan fingerprint density at radius 3 is 2.73 bits per heavy atom. The van der Waals surface area contributed by atoms with Crippen LogP contribution in [-0.2, 0) is 17.9 Å². The van der Waals surface area contributed by atoms with Gasteiger partial charge in [-0.1, -0.05) is 0 Å². The van der Waals surface area contributed by atoms with Crippen LogP contribution < -0.4 is 10.2 Å². The summed E-state index contributed by atoms with van der Waals surface area (Å²) in [6.45, 7) is 2.61. The summed E-state index contributed by atoms with van der Waals surface area (Å²) >= 11 is 0. The molecule has 0 saturated carbocycles. The number of hydroxylamine groups is 1. The fourth-order valence-corrected chi connectivity index (χ4v) is 1.50. The zero-order valence-corrected chi connectivity index (χ0v) is 9.20. The van der Waals surface area contributed by atoms with E-state index < -0.39 is 0 Å². The fourth-order valence-electron chi connectivity index (χ4n) is 1.50. The molecule has 0 radical (unpaired) electrons. The quantitative estimate of drug-likeness (QED) is 0.713. The predicted molar refractivity (Wildman–Crippen MR) is 54.9 cm³/mol. The van der Waals surface area contributed by atoms with Crippen LogP contribution in [0.3, 0.4) is 0 Å². The molecule has 2 N–H and O–H groups in total. The highest BCUT2D eigenvalue weighted by molar-refractivity contribution is 5.41. The molecule has 1 rings (SSSR count). The summed E-state index contributed by atoms with van der Waals surface area (Å²) in [4.78, 5) is 4.20. The molecule has 0 bridgehead atoms. The number of rotatable bonds is 5. The molecule has 5 nitrogen and oxygen atoms in total. The van der Waals surface area contributed by atoms with Gasteiger partial charge >= 0.3 is 0 Å². The van der Waals surface area contributed by atoms with Gasteiger partial charge < -0.3 is 14.7 Å². The van der Waals surface area contributed by atoms with Gasteiger partial charge in [0.15, 0.2) is 0 Å². The number of hydrogen-bond acceptors (Lipinski definition) is 5. The highest BCUT2D eigenvalue weighted by Crippen LogP contribution is 2.25. The van der Waals surface area contributed by atoms with Crippen LogP contribution in [0, 0.1) is 6.92 Å². The smallest absolute Gasteiger partial charge is 0.144 e. The molecule has 84 valence electrons. The lowest BCUT2D eigenvalue weighted by atomic mass is 10.1. The summed E-state index contributed by atoms with van der Waals surface area (Å²) in [5.41, 5.74) is 4.69. The van der Waals surface area contributed by atoms with Crippen molar-refractivity contribution in [2.24, 2.45) is 0 Å². The molecule has 1 aromatic rings. The van der Waals surface area contributed by atoms with Crippen LogP contribution in [0.1, 0.15) is 16.8 Å². The van der Waals surface area contributed by atoms with Crippen molar-refractivity contribution in [3.05, 3.63) is 23.0 Å². The third-order valence-corrected chi connectivity index (χ3v) is 2.16. The van der Waals surface area contributed by atoms with E-state index in [9.17, 15) is 0 Å². The molecule has 0 unspecified atom stereocenters. The molecule has 1 heterocycles. The molecule has 15 heavy (non-hydrogen) atoms. The van der Waals surface area contributed by atoms with Crippen LogP contribution >= 0.6 is 0 Å². The third-order valence-electron chi connectivity index (χ3n) is 2.16. The highest BCUT2D eigenvalue weighted by Gasteiger charge is 2.12. The molecule has 0 saturated heterocycles. The number of aryl methyl sites for hydroxylation is 1. The minimum atomic E-state index is 0.311. The summed E-state index contributed by atoms with van der Waals surface area (Å²) in [7, 11) is 3.20. The Balaban J connectivity index is 3.15. The van der Waals surface area contributed by atoms with Gasteiger partial charge in [0.25, 0.3) is 0 Å². The number of pyridine rings is 1. The van der Waals surface area contributed by atoms with Crippen LogP contribution in [0.2, 0.25) is 0 Å². The van der Waals surface area contributed by atoms with E-state index in [0.717, 1.165) is 16.8 Å². The standard InChI is InChI=1S/C10H16N2O3/c1-7-10(15-3)9(5-12-13)8(4-11-7)6-14-2/h4,12-13H,5-6H2,1-3H3. The van der Waals surface area contributed by atoms with E-state index >= 15 is 0 Å². The zero-order chi connectivity index (χ0) is 11.3. The Morgan fingerprint density at radius 1 is 1.47 bits per heavy atom. The van der Waals surface area contributed by atoms with Gasteiger partial charge in [-0.3, -0.25) is 4.98 Å². The van der Waals surface area contributed by atoms with Gasteiger partial charge in [-0.05, 0) is 6.92 Å². The lowest BCUT2D eigenvalue weighted by Crippen LogP contribution is -2.12. The second kappa shape index (κ2) is 5.65. The number of hydrogen-bond donors (Lipinski definition) is 2. The maximum absolute atomic E-state index is 8.76. The van der Waals surface area contributed by atoms with E-state index in [0.29, 0.717) is 18.9 Å². The summed E-state index contributed by atoms with van der Waals surface area (Å²) in [6.07, 6.45) is 1.73. The second-order valence-corrected chi connectivity index (χ2v) is 3.15. The average Bonchev–Trinajstić information content (AvgIpc) is 2.23. The monoisotopic (exact) mass is 212 g/mol. The molecule has 0 aliphatic rings. The minimum Gasteiger partial charge on any atom is -0.495 e. The number of methoxy groups -OCH3 is 2. The van der Waals surface area contributed by atoms with Crippen molar-refractivity contribution in [2.45, 2.75) is 20.1 Å². The maximum atomic E-state index is 8.76. The molecular formula is C10H16N2O3. The maximum Gasteiger partial charge on any atom is 0.144 e. The largest absolute Gasteiger partial charge is 0.495 e. The predicted octanol–water partition coefficient (Wildman–Crippen LogP) is 1.02. The third kappa shape index (κ3) is 2.65. The lowest BCUT2D eigenvalue weighted by Gasteiger charge is -2.14. The Kier molecular flexibility index (Phi) is 4.48. The topological polar surface area (TPSA) is 63.6 Å². The molecule has 0 aliphatic carbocycles. The first kappa shape index (κ1) is 11.9. The van der Waals surface area contributed by atoms with Crippen LogP contribution in [0.5, 0.6) is 5.75 Å². The molecule has 5 heteroatoms. The van der Waals surface area contributed by atoms with Gasteiger partial charge in [0.05, 0.1) is 19.4 Å². The van der Waals surface area contributed by atoms with Gasteiger partial charge in [0, 0.05) is 31.0 Å². The van der Waals surface area contributed by atoms with E-state index in [1.165, 1.54) is 0 Å². The Bertz CT molecular complexity index is 329. The van der Waals surface area contributed by atoms with Crippen LogP contribution in [0.4, 0.5) is 0 Å². The van der Waals surface area contributed by atoms with Gasteiger partial charge in [-0.2, -0.15) is 0 Å². The van der Waals surface area contributed by atoms with Crippen LogP contribution in [0.15, 0.2) is 6.20 Å². The number of ether oxygens (including phenoxy) is 2. The summed E-state index contributed by atoms with van der Waals surface area (Å²) in [5, 5.41) is 8.76. The SMILES string of the molecule is COCc1cnc(C)c(OC)c1CNO. The van der Waals surface area contributed by atoms with Gasteiger partial charge in [-0.25, -0.2) is 5.48 Å². The molecule has 0 atom stereocenters. The van der Waals surface area contributed by atoms with Crippen molar-refractivity contribution in [2.75, 3.05) is 14.2 Å². The Labute approximate surface area is 89.0 Å². The van der Waals surface area contributed by atoms with Crippen molar-refractivity contribution >= 4 is 0 Å². The fraction of sp³-hybridized carbons (Fsp3) is 0.500. The number of nitrogens with zero attached hydrogens (tertiary/aromatic N) is 1. The van der Waals surface area contributed by atoms with Crippen molar-refractivity contribution in [1.82, 2.24) is 10.5 Å². The van der Waals surface area contributed by atoms with E-state index in [-0.39, 0.29) is 0 Å². The van der Waals surface area contributed by atoms with E-state index in [1.54, 1.807) is 20.4 Å². The Morgan fingerprint density at radius 2 is 2.20 bits per heavy atom. The molecule has 0 fully saturated rings. The summed E-state index contributed by atoms with van der Waals surface area (Å²) in [5.74, 6) is 0.686. The highest BCUT2D eigenvalue weighted by atomic mass is 16.5. The van der Waals surface area contributed by atoms with Crippen molar-refractivity contribution in [3.63, 3.8) is 0 Å². The molecule has 0 spiro atoms. The first-order chi connectivity index (χ1) is 7.24. The summed E-state index contributed by atoms with van der Waals surface area (Å²) < 4.78 is 10.3. The van der Waals surface area contributed by atoms with Crippen molar-refractivity contribution < 1.29 is 14.7 Å². The van der Waals surface area contributed by atoms with Crippen LogP contribution in [-0.4, -0.2) is 24.4 Å². The average molecular weight is 212 g/mol. The summed E-state index contributed by atoms with van der Waals surface area (Å²) in [6, 6.07) is 0. The lowest BCUT2D eigenvalue weighted by molar-refractivity contribution is 0.155. The molecular weight excluding hydrogens is 196 g/mol. The van der Waals surface area contributed by atoms with Gasteiger partial charge in [-0.15, -0.1) is 0 Å². The normalized spacial score (nSPS) is 10.4. The van der Waals surface area contributed by atoms with Gasteiger partial charge in [0.2, 0.25) is 0 Å². The first-order valence-electron chi connectivity index (χ1n) is 4.61. The number of aromatic nitrogens is 1.